The molecule has 4 saturated carbocycles. The monoisotopic (exact) mass is 416 g/mol. The van der Waals surface area contributed by atoms with E-state index in [4.69, 9.17) is 11.6 Å². The summed E-state index contributed by atoms with van der Waals surface area (Å²) in [5.74, 6) is 4.47. The average Bonchev–Trinajstić information content (AvgIpc) is 2.40. The fourth-order valence-corrected chi connectivity index (χ4v) is 6.97. The summed E-state index contributed by atoms with van der Waals surface area (Å²) < 4.78 is 2.29. The highest BCUT2D eigenvalue weighted by molar-refractivity contribution is 9.11. The second-order valence-corrected chi connectivity index (χ2v) is 9.32. The van der Waals surface area contributed by atoms with Gasteiger partial charge in [0.2, 0.25) is 0 Å². The van der Waals surface area contributed by atoms with Gasteiger partial charge in [-0.05, 0) is 85.5 Å². The summed E-state index contributed by atoms with van der Waals surface area (Å²) in [4.78, 5) is 0. The van der Waals surface area contributed by atoms with Crippen molar-refractivity contribution in [2.24, 2.45) is 29.6 Å². The van der Waals surface area contributed by atoms with Gasteiger partial charge in [0, 0.05) is 8.95 Å². The van der Waals surface area contributed by atoms with Gasteiger partial charge in [0.15, 0.2) is 0 Å². The van der Waals surface area contributed by atoms with E-state index in [0.29, 0.717) is 5.92 Å². The van der Waals surface area contributed by atoms with Crippen molar-refractivity contribution in [2.45, 2.75) is 37.5 Å². The van der Waals surface area contributed by atoms with Gasteiger partial charge < -0.3 is 0 Å². The summed E-state index contributed by atoms with van der Waals surface area (Å²) in [5.41, 5.74) is 1.28. The molecule has 0 N–H and O–H groups in total. The summed E-state index contributed by atoms with van der Waals surface area (Å²) >= 11 is 14.3. The molecule has 1 unspecified atom stereocenters. The van der Waals surface area contributed by atoms with Gasteiger partial charge in [0.1, 0.15) is 0 Å². The zero-order chi connectivity index (χ0) is 13.9. The van der Waals surface area contributed by atoms with E-state index in [0.717, 1.165) is 32.6 Å². The van der Waals surface area contributed by atoms with Gasteiger partial charge in [0.25, 0.3) is 0 Å². The van der Waals surface area contributed by atoms with Crippen LogP contribution in [-0.2, 0) is 0 Å². The SMILES string of the molecule is ClC(c1cc(Br)ccc1Br)C1C2CC3CC(C2)CC1C3. The van der Waals surface area contributed by atoms with Crippen LogP contribution in [0.3, 0.4) is 0 Å². The second kappa shape index (κ2) is 5.28. The maximum absolute atomic E-state index is 6.98. The maximum atomic E-state index is 6.98. The number of hydrogen-bond acceptors (Lipinski definition) is 0. The molecule has 4 aliphatic carbocycles. The number of rotatable bonds is 2. The highest BCUT2D eigenvalue weighted by Gasteiger charge is 2.50. The smallest absolute Gasteiger partial charge is 0.0630 e. The van der Waals surface area contributed by atoms with E-state index in [-0.39, 0.29) is 5.38 Å². The third-order valence-electron chi connectivity index (χ3n) is 5.89. The van der Waals surface area contributed by atoms with Crippen molar-refractivity contribution >= 4 is 43.5 Å². The maximum Gasteiger partial charge on any atom is 0.0630 e. The Morgan fingerprint density at radius 2 is 1.55 bits per heavy atom. The Balaban J connectivity index is 1.65. The molecule has 1 atom stereocenters. The molecule has 4 bridgehead atoms. The van der Waals surface area contributed by atoms with Gasteiger partial charge in [-0.15, -0.1) is 11.6 Å². The number of halogens is 3. The molecule has 1 aromatic carbocycles. The molecule has 1 aromatic rings. The molecule has 0 aliphatic heterocycles. The summed E-state index contributed by atoms with van der Waals surface area (Å²) in [6.45, 7) is 0. The molecule has 3 heteroatoms. The fourth-order valence-electron chi connectivity index (χ4n) is 5.38. The van der Waals surface area contributed by atoms with E-state index in [9.17, 15) is 0 Å². The quantitative estimate of drug-likeness (QED) is 0.477. The predicted molar refractivity (Wildman–Crippen MR) is 91.0 cm³/mol. The van der Waals surface area contributed by atoms with Crippen molar-refractivity contribution in [3.8, 4) is 0 Å². The highest BCUT2D eigenvalue weighted by Crippen LogP contribution is 2.60. The number of hydrogen-bond donors (Lipinski definition) is 0. The van der Waals surface area contributed by atoms with Crippen molar-refractivity contribution in [1.82, 2.24) is 0 Å². The first-order valence-electron chi connectivity index (χ1n) is 7.71. The van der Waals surface area contributed by atoms with Crippen molar-refractivity contribution in [2.75, 3.05) is 0 Å². The largest absolute Gasteiger partial charge is 0.117 e. The van der Waals surface area contributed by atoms with Crippen LogP contribution in [0.1, 0.15) is 43.0 Å². The Kier molecular flexibility index (Phi) is 3.72. The first-order chi connectivity index (χ1) is 9.61. The van der Waals surface area contributed by atoms with Crippen LogP contribution in [0, 0.1) is 29.6 Å². The van der Waals surface area contributed by atoms with Gasteiger partial charge >= 0.3 is 0 Å². The van der Waals surface area contributed by atoms with E-state index in [2.05, 4.69) is 50.1 Å². The normalized spacial score (nSPS) is 40.0. The molecule has 0 radical (unpaired) electrons. The molecule has 4 aliphatic rings. The Labute approximate surface area is 142 Å². The zero-order valence-electron chi connectivity index (χ0n) is 11.4. The van der Waals surface area contributed by atoms with E-state index in [1.165, 1.54) is 37.7 Å². The summed E-state index contributed by atoms with van der Waals surface area (Å²) in [5, 5.41) is 0.164. The third-order valence-corrected chi connectivity index (χ3v) is 7.63. The molecular formula is C17H19Br2Cl. The van der Waals surface area contributed by atoms with Crippen LogP contribution < -0.4 is 0 Å². The van der Waals surface area contributed by atoms with Gasteiger partial charge in [-0.2, -0.15) is 0 Å². The van der Waals surface area contributed by atoms with Gasteiger partial charge in [-0.1, -0.05) is 31.9 Å². The van der Waals surface area contributed by atoms with Gasteiger partial charge in [-0.3, -0.25) is 0 Å². The van der Waals surface area contributed by atoms with Crippen LogP contribution in [0.25, 0.3) is 0 Å². The topological polar surface area (TPSA) is 0 Å². The summed E-state index contributed by atoms with van der Waals surface area (Å²) in [7, 11) is 0. The summed E-state index contributed by atoms with van der Waals surface area (Å²) in [6.07, 6.45) is 7.26. The highest BCUT2D eigenvalue weighted by atomic mass is 79.9. The lowest BCUT2D eigenvalue weighted by Gasteiger charge is -2.55. The lowest BCUT2D eigenvalue weighted by molar-refractivity contribution is -0.0381. The van der Waals surface area contributed by atoms with Crippen molar-refractivity contribution in [1.29, 1.82) is 0 Å². The van der Waals surface area contributed by atoms with Crippen LogP contribution in [0.5, 0.6) is 0 Å². The van der Waals surface area contributed by atoms with Gasteiger partial charge in [0.05, 0.1) is 5.38 Å². The molecule has 0 heterocycles. The molecule has 20 heavy (non-hydrogen) atoms. The van der Waals surface area contributed by atoms with E-state index < -0.39 is 0 Å². The third kappa shape index (κ3) is 2.30. The minimum Gasteiger partial charge on any atom is -0.117 e. The summed E-state index contributed by atoms with van der Waals surface area (Å²) in [6, 6.07) is 6.39. The van der Waals surface area contributed by atoms with Gasteiger partial charge in [-0.25, -0.2) is 0 Å². The molecule has 108 valence electrons. The molecule has 0 nitrogen and oxygen atoms in total. The minimum absolute atomic E-state index is 0.164. The molecule has 0 spiro atoms. The molecule has 0 amide bonds. The molecule has 4 fully saturated rings. The Hall–Kier alpha value is 0.470. The van der Waals surface area contributed by atoms with Crippen LogP contribution in [0.15, 0.2) is 27.1 Å². The average molecular weight is 419 g/mol. The lowest BCUT2D eigenvalue weighted by atomic mass is 9.51. The molecule has 0 saturated heterocycles. The lowest BCUT2D eigenvalue weighted by Crippen LogP contribution is -2.46. The number of alkyl halides is 1. The second-order valence-electron chi connectivity index (χ2n) is 7.08. The van der Waals surface area contributed by atoms with Crippen molar-refractivity contribution in [3.63, 3.8) is 0 Å². The van der Waals surface area contributed by atoms with E-state index in [1.54, 1.807) is 0 Å². The molecule has 0 aromatic heterocycles. The Bertz CT molecular complexity index is 500. The first-order valence-corrected chi connectivity index (χ1v) is 9.73. The van der Waals surface area contributed by atoms with E-state index in [1.807, 2.05) is 0 Å². The molecular weight excluding hydrogens is 399 g/mol. The molecule has 5 rings (SSSR count). The van der Waals surface area contributed by atoms with E-state index >= 15 is 0 Å². The van der Waals surface area contributed by atoms with Crippen molar-refractivity contribution in [3.05, 3.63) is 32.7 Å². The van der Waals surface area contributed by atoms with Crippen LogP contribution in [0.2, 0.25) is 0 Å². The fraction of sp³-hybridized carbons (Fsp3) is 0.647. The Morgan fingerprint density at radius 1 is 0.950 bits per heavy atom. The van der Waals surface area contributed by atoms with Crippen molar-refractivity contribution < 1.29 is 0 Å². The van der Waals surface area contributed by atoms with Crippen LogP contribution in [0.4, 0.5) is 0 Å². The predicted octanol–water partition coefficient (Wildman–Crippen LogP) is 6.56. The van der Waals surface area contributed by atoms with Crippen LogP contribution >= 0.6 is 43.5 Å². The number of benzene rings is 1. The van der Waals surface area contributed by atoms with Crippen LogP contribution in [-0.4, -0.2) is 0 Å². The minimum atomic E-state index is 0.164. The zero-order valence-corrected chi connectivity index (χ0v) is 15.3. The Morgan fingerprint density at radius 3 is 2.15 bits per heavy atom. The standard InChI is InChI=1S/C17H19Br2Cl/c18-13-1-2-15(19)14(8-13)17(20)16-11-4-9-3-10(6-11)7-12(16)5-9/h1-2,8-12,16-17H,3-7H2. The first kappa shape index (κ1) is 14.1.